The number of carbonyl (C=O) groups is 2. The van der Waals surface area contributed by atoms with Gasteiger partial charge in [0.1, 0.15) is 0 Å². The summed E-state index contributed by atoms with van der Waals surface area (Å²) in [7, 11) is 0. The fraction of sp³-hybridized carbons (Fsp3) is 0.400. The van der Waals surface area contributed by atoms with Crippen molar-refractivity contribution in [1.29, 1.82) is 0 Å². The molecule has 0 atom stereocenters. The Morgan fingerprint density at radius 1 is 1.19 bits per heavy atom. The number of amides is 1. The standard InChI is InChI=1S/C20H23N3O3S/c1-13-17(19(25)26)11-21-20(22-13)27-12-14-7-9-15(10-8-14)18(24)23-16-5-3-2-4-6-16/h7-11,16H,2-6,12H2,1H3,(H,23,24)(H,25,26). The van der Waals surface area contributed by atoms with Gasteiger partial charge in [0, 0.05) is 23.6 Å². The molecule has 7 heteroatoms. The first-order valence-corrected chi connectivity index (χ1v) is 10.1. The summed E-state index contributed by atoms with van der Waals surface area (Å²) in [4.78, 5) is 31.7. The molecule has 3 rings (SSSR count). The summed E-state index contributed by atoms with van der Waals surface area (Å²) in [5.74, 6) is -0.383. The number of thioether (sulfide) groups is 1. The molecule has 1 aromatic heterocycles. The number of hydrogen-bond acceptors (Lipinski definition) is 5. The molecule has 142 valence electrons. The third-order valence-corrected chi connectivity index (χ3v) is 5.64. The van der Waals surface area contributed by atoms with Crippen molar-refractivity contribution in [3.05, 3.63) is 52.8 Å². The molecular formula is C20H23N3O3S. The normalized spacial score (nSPS) is 14.7. The van der Waals surface area contributed by atoms with E-state index >= 15 is 0 Å². The van der Waals surface area contributed by atoms with E-state index in [-0.39, 0.29) is 11.5 Å². The Kier molecular flexibility index (Phi) is 6.45. The van der Waals surface area contributed by atoms with Crippen LogP contribution >= 0.6 is 11.8 Å². The largest absolute Gasteiger partial charge is 0.478 e. The van der Waals surface area contributed by atoms with E-state index in [4.69, 9.17) is 5.11 Å². The van der Waals surface area contributed by atoms with E-state index in [0.29, 0.717) is 28.2 Å². The number of aromatic nitrogens is 2. The molecule has 0 unspecified atom stereocenters. The molecule has 1 aliphatic carbocycles. The van der Waals surface area contributed by atoms with Gasteiger partial charge < -0.3 is 10.4 Å². The molecule has 0 radical (unpaired) electrons. The Bertz CT molecular complexity index is 818. The number of aromatic carboxylic acids is 1. The molecule has 0 saturated heterocycles. The highest BCUT2D eigenvalue weighted by molar-refractivity contribution is 7.98. The molecule has 2 N–H and O–H groups in total. The number of nitrogens with one attached hydrogen (secondary N) is 1. The Labute approximate surface area is 162 Å². The molecule has 1 aromatic carbocycles. The second-order valence-electron chi connectivity index (χ2n) is 6.75. The summed E-state index contributed by atoms with van der Waals surface area (Å²) in [5, 5.41) is 12.7. The smallest absolute Gasteiger partial charge is 0.339 e. The SMILES string of the molecule is Cc1nc(SCc2ccc(C(=O)NC3CCCCC3)cc2)ncc1C(=O)O. The van der Waals surface area contributed by atoms with E-state index in [1.807, 2.05) is 24.3 Å². The molecule has 0 bridgehead atoms. The number of carboxylic acids is 1. The average molecular weight is 385 g/mol. The molecular weight excluding hydrogens is 362 g/mol. The van der Waals surface area contributed by atoms with Crippen LogP contribution in [0, 0.1) is 6.92 Å². The Morgan fingerprint density at radius 2 is 1.89 bits per heavy atom. The Morgan fingerprint density at radius 3 is 2.52 bits per heavy atom. The molecule has 1 aliphatic rings. The van der Waals surface area contributed by atoms with E-state index in [1.54, 1.807) is 6.92 Å². The van der Waals surface area contributed by atoms with Crippen molar-refractivity contribution in [2.24, 2.45) is 0 Å². The predicted molar refractivity (Wildman–Crippen MR) is 104 cm³/mol. The van der Waals surface area contributed by atoms with Crippen molar-refractivity contribution in [2.45, 2.75) is 56.0 Å². The molecule has 1 amide bonds. The topological polar surface area (TPSA) is 92.2 Å². The van der Waals surface area contributed by atoms with Crippen LogP contribution in [-0.2, 0) is 5.75 Å². The van der Waals surface area contributed by atoms with E-state index in [0.717, 1.165) is 18.4 Å². The van der Waals surface area contributed by atoms with Gasteiger partial charge in [-0.1, -0.05) is 43.2 Å². The summed E-state index contributed by atoms with van der Waals surface area (Å²) in [5.41, 5.74) is 2.30. The van der Waals surface area contributed by atoms with Gasteiger partial charge in [0.25, 0.3) is 5.91 Å². The van der Waals surface area contributed by atoms with Crippen LogP contribution in [0.5, 0.6) is 0 Å². The highest BCUT2D eigenvalue weighted by Gasteiger charge is 2.16. The third kappa shape index (κ3) is 5.29. The molecule has 1 saturated carbocycles. The van der Waals surface area contributed by atoms with E-state index in [1.165, 1.54) is 37.2 Å². The van der Waals surface area contributed by atoms with Gasteiger partial charge in [0.05, 0.1) is 11.3 Å². The number of carboxylic acid groups (broad SMARTS) is 1. The van der Waals surface area contributed by atoms with Crippen LogP contribution in [0.4, 0.5) is 0 Å². The van der Waals surface area contributed by atoms with Gasteiger partial charge >= 0.3 is 5.97 Å². The fourth-order valence-corrected chi connectivity index (χ4v) is 3.96. The lowest BCUT2D eigenvalue weighted by molar-refractivity contribution is 0.0694. The molecule has 1 fully saturated rings. The first kappa shape index (κ1) is 19.4. The van der Waals surface area contributed by atoms with Gasteiger partial charge in [0.2, 0.25) is 0 Å². The maximum Gasteiger partial charge on any atom is 0.339 e. The Hall–Kier alpha value is -2.41. The van der Waals surface area contributed by atoms with Crippen LogP contribution in [0.3, 0.4) is 0 Å². The monoisotopic (exact) mass is 385 g/mol. The van der Waals surface area contributed by atoms with Crippen LogP contribution in [0.15, 0.2) is 35.6 Å². The molecule has 0 spiro atoms. The number of hydrogen-bond donors (Lipinski definition) is 2. The predicted octanol–water partition coefficient (Wildman–Crippen LogP) is 3.84. The second kappa shape index (κ2) is 8.99. The number of nitrogens with zero attached hydrogens (tertiary/aromatic N) is 2. The van der Waals surface area contributed by atoms with Gasteiger partial charge in [-0.05, 0) is 37.5 Å². The summed E-state index contributed by atoms with van der Waals surface area (Å²) in [6.45, 7) is 1.66. The van der Waals surface area contributed by atoms with E-state index < -0.39 is 5.97 Å². The first-order valence-electron chi connectivity index (χ1n) is 9.12. The van der Waals surface area contributed by atoms with Crippen LogP contribution in [-0.4, -0.2) is 33.0 Å². The van der Waals surface area contributed by atoms with Crippen molar-refractivity contribution in [3.8, 4) is 0 Å². The van der Waals surface area contributed by atoms with Gasteiger partial charge in [0.15, 0.2) is 5.16 Å². The average Bonchev–Trinajstić information content (AvgIpc) is 2.67. The minimum absolute atomic E-state index is 0.00989. The zero-order valence-corrected chi connectivity index (χ0v) is 16.1. The lowest BCUT2D eigenvalue weighted by atomic mass is 9.95. The van der Waals surface area contributed by atoms with E-state index in [9.17, 15) is 9.59 Å². The van der Waals surface area contributed by atoms with Crippen molar-refractivity contribution in [2.75, 3.05) is 0 Å². The lowest BCUT2D eigenvalue weighted by Gasteiger charge is -2.22. The molecule has 27 heavy (non-hydrogen) atoms. The Balaban J connectivity index is 1.55. The summed E-state index contributed by atoms with van der Waals surface area (Å²) >= 11 is 1.44. The van der Waals surface area contributed by atoms with Crippen molar-refractivity contribution in [1.82, 2.24) is 15.3 Å². The maximum atomic E-state index is 12.3. The summed E-state index contributed by atoms with van der Waals surface area (Å²) in [6.07, 6.45) is 7.12. The molecule has 0 aliphatic heterocycles. The van der Waals surface area contributed by atoms with Crippen LogP contribution < -0.4 is 5.32 Å². The van der Waals surface area contributed by atoms with Crippen molar-refractivity contribution < 1.29 is 14.7 Å². The van der Waals surface area contributed by atoms with Crippen LogP contribution in [0.25, 0.3) is 0 Å². The lowest BCUT2D eigenvalue weighted by Crippen LogP contribution is -2.36. The van der Waals surface area contributed by atoms with Crippen molar-refractivity contribution >= 4 is 23.6 Å². The third-order valence-electron chi connectivity index (χ3n) is 4.71. The van der Waals surface area contributed by atoms with Gasteiger partial charge in [-0.2, -0.15) is 0 Å². The summed E-state index contributed by atoms with van der Waals surface area (Å²) < 4.78 is 0. The number of benzene rings is 1. The van der Waals surface area contributed by atoms with Crippen LogP contribution in [0.2, 0.25) is 0 Å². The highest BCUT2D eigenvalue weighted by Crippen LogP contribution is 2.21. The second-order valence-corrected chi connectivity index (χ2v) is 7.69. The van der Waals surface area contributed by atoms with Crippen LogP contribution in [0.1, 0.15) is 64.1 Å². The molecule has 6 nitrogen and oxygen atoms in total. The number of aryl methyl sites for hydroxylation is 1. The quantitative estimate of drug-likeness (QED) is 0.580. The van der Waals surface area contributed by atoms with Gasteiger partial charge in [-0.15, -0.1) is 0 Å². The molecule has 1 heterocycles. The first-order chi connectivity index (χ1) is 13.0. The van der Waals surface area contributed by atoms with Crippen molar-refractivity contribution in [3.63, 3.8) is 0 Å². The number of rotatable bonds is 6. The summed E-state index contributed by atoms with van der Waals surface area (Å²) in [6, 6.07) is 7.85. The maximum absolute atomic E-state index is 12.3. The van der Waals surface area contributed by atoms with Gasteiger partial charge in [-0.25, -0.2) is 14.8 Å². The minimum atomic E-state index is -1.02. The molecule has 2 aromatic rings. The minimum Gasteiger partial charge on any atom is -0.478 e. The fourth-order valence-electron chi connectivity index (χ4n) is 3.14. The zero-order valence-electron chi connectivity index (χ0n) is 15.3. The number of carbonyl (C=O) groups excluding carboxylic acids is 1. The van der Waals surface area contributed by atoms with Gasteiger partial charge in [-0.3, -0.25) is 4.79 Å². The zero-order chi connectivity index (χ0) is 19.2. The highest BCUT2D eigenvalue weighted by atomic mass is 32.2. The van der Waals surface area contributed by atoms with E-state index in [2.05, 4.69) is 15.3 Å².